The van der Waals surface area contributed by atoms with E-state index in [0.717, 1.165) is 6.07 Å². The number of halogens is 4. The summed E-state index contributed by atoms with van der Waals surface area (Å²) in [5.74, 6) is -1.01. The lowest BCUT2D eigenvalue weighted by Gasteiger charge is -2.17. The fourth-order valence-corrected chi connectivity index (χ4v) is 1.71. The van der Waals surface area contributed by atoms with E-state index in [1.807, 2.05) is 0 Å². The Bertz CT molecular complexity index is 477. The van der Waals surface area contributed by atoms with E-state index in [0.29, 0.717) is 0 Å². The van der Waals surface area contributed by atoms with Gasteiger partial charge in [-0.05, 0) is 25.1 Å². The van der Waals surface area contributed by atoms with Gasteiger partial charge in [0, 0.05) is 17.3 Å². The van der Waals surface area contributed by atoms with Crippen molar-refractivity contribution in [3.8, 4) is 0 Å². The fourth-order valence-electron chi connectivity index (χ4n) is 1.54. The Balaban J connectivity index is 2.80. The van der Waals surface area contributed by atoms with Gasteiger partial charge in [0.25, 0.3) is 0 Å². The number of ether oxygens (including phenoxy) is 1. The van der Waals surface area contributed by atoms with Gasteiger partial charge in [-0.15, -0.1) is 0 Å². The van der Waals surface area contributed by atoms with Crippen molar-refractivity contribution in [1.82, 2.24) is 0 Å². The van der Waals surface area contributed by atoms with Crippen molar-refractivity contribution in [2.45, 2.75) is 20.0 Å². The summed E-state index contributed by atoms with van der Waals surface area (Å²) in [6.07, 6.45) is -4.51. The largest absolute Gasteiger partial charge is 0.466 e. The Labute approximate surface area is 120 Å². The Morgan fingerprint density at radius 3 is 2.65 bits per heavy atom. The van der Waals surface area contributed by atoms with Crippen LogP contribution in [0.1, 0.15) is 19.4 Å². The minimum absolute atomic E-state index is 0.00122. The molecule has 112 valence electrons. The number of alkyl halides is 3. The molecule has 20 heavy (non-hydrogen) atoms. The molecule has 1 unspecified atom stereocenters. The second-order valence-electron chi connectivity index (χ2n) is 4.22. The highest BCUT2D eigenvalue weighted by Crippen LogP contribution is 2.36. The van der Waals surface area contributed by atoms with E-state index < -0.39 is 23.6 Å². The number of nitrogens with one attached hydrogen (secondary N) is 1. The smallest absolute Gasteiger partial charge is 0.418 e. The van der Waals surface area contributed by atoms with E-state index >= 15 is 0 Å². The quantitative estimate of drug-likeness (QED) is 0.836. The van der Waals surface area contributed by atoms with Gasteiger partial charge in [-0.2, -0.15) is 13.2 Å². The van der Waals surface area contributed by atoms with Crippen LogP contribution in [0.25, 0.3) is 0 Å². The van der Waals surface area contributed by atoms with Crippen molar-refractivity contribution in [2.24, 2.45) is 5.92 Å². The minimum Gasteiger partial charge on any atom is -0.466 e. The minimum atomic E-state index is -4.51. The van der Waals surface area contributed by atoms with Gasteiger partial charge >= 0.3 is 12.1 Å². The highest BCUT2D eigenvalue weighted by Gasteiger charge is 2.33. The molecule has 0 aromatic heterocycles. The number of anilines is 1. The third kappa shape index (κ3) is 4.59. The van der Waals surface area contributed by atoms with Crippen molar-refractivity contribution >= 4 is 23.3 Å². The molecule has 1 N–H and O–H groups in total. The molecule has 1 aromatic rings. The molecule has 0 aliphatic rings. The fraction of sp³-hybridized carbons (Fsp3) is 0.462. The zero-order valence-electron chi connectivity index (χ0n) is 11.1. The van der Waals surface area contributed by atoms with Gasteiger partial charge in [0.2, 0.25) is 0 Å². The summed E-state index contributed by atoms with van der Waals surface area (Å²) in [7, 11) is 0. The number of benzene rings is 1. The first-order valence-corrected chi connectivity index (χ1v) is 6.40. The first-order chi connectivity index (χ1) is 9.25. The van der Waals surface area contributed by atoms with Gasteiger partial charge in [0.1, 0.15) is 0 Å². The van der Waals surface area contributed by atoms with E-state index in [1.165, 1.54) is 12.1 Å². The second-order valence-corrected chi connectivity index (χ2v) is 4.66. The van der Waals surface area contributed by atoms with Gasteiger partial charge in [-0.3, -0.25) is 4.79 Å². The number of carbonyl (C=O) groups is 1. The maximum absolute atomic E-state index is 12.8. The van der Waals surface area contributed by atoms with Crippen LogP contribution < -0.4 is 5.32 Å². The van der Waals surface area contributed by atoms with Gasteiger partial charge in [-0.25, -0.2) is 0 Å². The third-order valence-electron chi connectivity index (χ3n) is 2.57. The van der Waals surface area contributed by atoms with Crippen molar-refractivity contribution in [1.29, 1.82) is 0 Å². The molecule has 1 rings (SSSR count). The molecule has 0 bridgehead atoms. The third-order valence-corrected chi connectivity index (χ3v) is 2.81. The van der Waals surface area contributed by atoms with Crippen LogP contribution in [0.3, 0.4) is 0 Å². The molecule has 1 aromatic carbocycles. The Kier molecular flexibility index (Phi) is 5.68. The zero-order chi connectivity index (χ0) is 15.3. The van der Waals surface area contributed by atoms with Crippen molar-refractivity contribution < 1.29 is 22.7 Å². The van der Waals surface area contributed by atoms with Crippen molar-refractivity contribution in [3.05, 3.63) is 28.8 Å². The Morgan fingerprint density at radius 1 is 1.45 bits per heavy atom. The standard InChI is InChI=1S/C13H15ClF3NO2/c1-3-20-12(19)8(2)7-18-11-5-4-9(14)6-10(11)13(15,16)17/h4-6,8,18H,3,7H2,1-2H3. The maximum atomic E-state index is 12.8. The molecule has 0 fully saturated rings. The molecule has 3 nitrogen and oxygen atoms in total. The molecule has 0 saturated heterocycles. The molecule has 0 radical (unpaired) electrons. The zero-order valence-corrected chi connectivity index (χ0v) is 11.8. The lowest BCUT2D eigenvalue weighted by atomic mass is 10.1. The van der Waals surface area contributed by atoms with Crippen LogP contribution in [-0.2, 0) is 15.7 Å². The van der Waals surface area contributed by atoms with E-state index in [2.05, 4.69) is 5.32 Å². The normalized spacial score (nSPS) is 12.9. The monoisotopic (exact) mass is 309 g/mol. The summed E-state index contributed by atoms with van der Waals surface area (Å²) in [5, 5.41) is 2.61. The molecular formula is C13H15ClF3NO2. The number of esters is 1. The van der Waals surface area contributed by atoms with Crippen LogP contribution in [0.5, 0.6) is 0 Å². The Hall–Kier alpha value is -1.43. The molecule has 0 aliphatic heterocycles. The lowest BCUT2D eigenvalue weighted by molar-refractivity contribution is -0.146. The van der Waals surface area contributed by atoms with Crippen LogP contribution >= 0.6 is 11.6 Å². The first-order valence-electron chi connectivity index (χ1n) is 6.03. The molecule has 1 atom stereocenters. The average Bonchev–Trinajstić information content (AvgIpc) is 2.36. The highest BCUT2D eigenvalue weighted by atomic mass is 35.5. The van der Waals surface area contributed by atoms with Gasteiger partial charge < -0.3 is 10.1 Å². The molecule has 7 heteroatoms. The molecule has 0 saturated carbocycles. The predicted octanol–water partition coefficient (Wildman–Crippen LogP) is 3.97. The van der Waals surface area contributed by atoms with E-state index in [9.17, 15) is 18.0 Å². The van der Waals surface area contributed by atoms with Crippen LogP contribution in [-0.4, -0.2) is 19.1 Å². The Morgan fingerprint density at radius 2 is 2.10 bits per heavy atom. The number of rotatable bonds is 5. The number of hydrogen-bond donors (Lipinski definition) is 1. The molecular weight excluding hydrogens is 295 g/mol. The van der Waals surface area contributed by atoms with E-state index in [1.54, 1.807) is 13.8 Å². The summed E-state index contributed by atoms with van der Waals surface area (Å²) in [6.45, 7) is 3.52. The molecule has 0 spiro atoms. The molecule has 0 amide bonds. The topological polar surface area (TPSA) is 38.3 Å². The van der Waals surface area contributed by atoms with Crippen LogP contribution in [0.2, 0.25) is 5.02 Å². The summed E-state index contributed by atoms with van der Waals surface area (Å²) in [4.78, 5) is 11.4. The molecule has 0 heterocycles. The summed E-state index contributed by atoms with van der Waals surface area (Å²) < 4.78 is 43.3. The molecule has 0 aliphatic carbocycles. The van der Waals surface area contributed by atoms with Gasteiger partial charge in [0.05, 0.1) is 18.1 Å². The summed E-state index contributed by atoms with van der Waals surface area (Å²) in [5.41, 5.74) is -0.973. The van der Waals surface area contributed by atoms with E-state index in [4.69, 9.17) is 16.3 Å². The first kappa shape index (κ1) is 16.6. The lowest BCUT2D eigenvalue weighted by Crippen LogP contribution is -2.23. The van der Waals surface area contributed by atoms with Gasteiger partial charge in [0.15, 0.2) is 0 Å². The van der Waals surface area contributed by atoms with Crippen LogP contribution in [0, 0.1) is 5.92 Å². The summed E-state index contributed by atoms with van der Waals surface area (Å²) >= 11 is 5.58. The second kappa shape index (κ2) is 6.83. The van der Waals surface area contributed by atoms with Crippen LogP contribution in [0.15, 0.2) is 18.2 Å². The van der Waals surface area contributed by atoms with Gasteiger partial charge in [-0.1, -0.05) is 18.5 Å². The van der Waals surface area contributed by atoms with Crippen molar-refractivity contribution in [3.63, 3.8) is 0 Å². The highest BCUT2D eigenvalue weighted by molar-refractivity contribution is 6.30. The van der Waals surface area contributed by atoms with Crippen LogP contribution in [0.4, 0.5) is 18.9 Å². The maximum Gasteiger partial charge on any atom is 0.418 e. The average molecular weight is 310 g/mol. The van der Waals surface area contributed by atoms with E-state index in [-0.39, 0.29) is 23.9 Å². The summed E-state index contributed by atoms with van der Waals surface area (Å²) in [6, 6.07) is 3.44. The number of hydrogen-bond acceptors (Lipinski definition) is 3. The van der Waals surface area contributed by atoms with Crippen molar-refractivity contribution in [2.75, 3.05) is 18.5 Å². The SMILES string of the molecule is CCOC(=O)C(C)CNc1ccc(Cl)cc1C(F)(F)F. The predicted molar refractivity (Wildman–Crippen MR) is 70.7 cm³/mol. The number of carbonyl (C=O) groups excluding carboxylic acids is 1.